The van der Waals surface area contributed by atoms with Crippen molar-refractivity contribution in [1.29, 1.82) is 0 Å². The molecule has 0 aliphatic carbocycles. The van der Waals surface area contributed by atoms with Gasteiger partial charge in [-0.15, -0.1) is 0 Å². The lowest BCUT2D eigenvalue weighted by Crippen LogP contribution is -2.49. The highest BCUT2D eigenvalue weighted by atomic mass is 32.2. The molecule has 2 aromatic carbocycles. The second-order valence-electron chi connectivity index (χ2n) is 6.34. The van der Waals surface area contributed by atoms with Crippen LogP contribution < -0.4 is 10.6 Å². The summed E-state index contributed by atoms with van der Waals surface area (Å²) in [7, 11) is 0. The lowest BCUT2D eigenvalue weighted by molar-refractivity contribution is -0.123. The van der Waals surface area contributed by atoms with E-state index in [9.17, 15) is 9.59 Å². The first kappa shape index (κ1) is 16.0. The molecule has 1 saturated heterocycles. The molecular formula is C19H19N3O2S. The average Bonchev–Trinajstić information content (AvgIpc) is 2.65. The zero-order chi connectivity index (χ0) is 17.4. The van der Waals surface area contributed by atoms with Crippen molar-refractivity contribution in [2.75, 3.05) is 18.0 Å². The molecule has 3 amide bonds. The maximum absolute atomic E-state index is 13.3. The molecule has 0 saturated carbocycles. The number of amides is 3. The number of anilines is 2. The first-order chi connectivity index (χ1) is 12.1. The van der Waals surface area contributed by atoms with Gasteiger partial charge in [0.2, 0.25) is 5.91 Å². The zero-order valence-electron chi connectivity index (χ0n) is 13.7. The second kappa shape index (κ2) is 6.44. The first-order valence-electron chi connectivity index (χ1n) is 8.39. The van der Waals surface area contributed by atoms with Crippen LogP contribution in [0.4, 0.5) is 16.2 Å². The van der Waals surface area contributed by atoms with E-state index in [4.69, 9.17) is 5.73 Å². The predicted molar refractivity (Wildman–Crippen MR) is 98.0 cm³/mol. The van der Waals surface area contributed by atoms with Gasteiger partial charge in [0.1, 0.15) is 0 Å². The number of hydrogen-bond acceptors (Lipinski definition) is 3. The Morgan fingerprint density at radius 2 is 1.60 bits per heavy atom. The number of carbonyl (C=O) groups is 2. The van der Waals surface area contributed by atoms with Gasteiger partial charge >= 0.3 is 6.03 Å². The highest BCUT2D eigenvalue weighted by Crippen LogP contribution is 2.48. The van der Waals surface area contributed by atoms with E-state index in [1.807, 2.05) is 48.5 Å². The van der Waals surface area contributed by atoms with E-state index in [1.54, 1.807) is 21.6 Å². The molecule has 1 atom stereocenters. The number of nitrogens with zero attached hydrogens (tertiary/aromatic N) is 2. The highest BCUT2D eigenvalue weighted by Gasteiger charge is 2.34. The maximum atomic E-state index is 13.3. The van der Waals surface area contributed by atoms with E-state index >= 15 is 0 Å². The van der Waals surface area contributed by atoms with E-state index in [-0.39, 0.29) is 17.9 Å². The van der Waals surface area contributed by atoms with Crippen molar-refractivity contribution in [2.45, 2.75) is 22.6 Å². The number of likely N-dealkylation sites (tertiary alicyclic amines) is 1. The number of nitrogens with two attached hydrogens (primary N) is 1. The van der Waals surface area contributed by atoms with E-state index in [2.05, 4.69) is 0 Å². The Balaban J connectivity index is 1.72. The lowest BCUT2D eigenvalue weighted by Gasteiger charge is -2.38. The molecule has 5 nitrogen and oxygen atoms in total. The van der Waals surface area contributed by atoms with Gasteiger partial charge in [-0.2, -0.15) is 0 Å². The van der Waals surface area contributed by atoms with Crippen LogP contribution in [0.5, 0.6) is 0 Å². The Hall–Kier alpha value is -2.47. The molecular weight excluding hydrogens is 334 g/mol. The monoisotopic (exact) mass is 353 g/mol. The standard InChI is InChI=1S/C19H19N3O2S/c20-18(23)13-6-5-11-21(12-13)19(24)22-14-7-1-3-9-16(14)25-17-10-4-2-8-15(17)22/h1-4,7-10,13H,5-6,11-12H2,(H2,20,23)/t13-/m0/s1. The number of benzene rings is 2. The van der Waals surface area contributed by atoms with Crippen LogP contribution in [0.3, 0.4) is 0 Å². The van der Waals surface area contributed by atoms with E-state index in [1.165, 1.54) is 0 Å². The van der Waals surface area contributed by atoms with Crippen LogP contribution in [0.15, 0.2) is 58.3 Å². The molecule has 6 heteroatoms. The Morgan fingerprint density at radius 3 is 2.20 bits per heavy atom. The van der Waals surface area contributed by atoms with Crippen LogP contribution in [-0.4, -0.2) is 29.9 Å². The number of hydrogen-bond donors (Lipinski definition) is 1. The number of piperidine rings is 1. The molecule has 0 spiro atoms. The minimum atomic E-state index is -0.326. The molecule has 2 aliphatic heterocycles. The molecule has 25 heavy (non-hydrogen) atoms. The van der Waals surface area contributed by atoms with Crippen molar-refractivity contribution in [3.63, 3.8) is 0 Å². The summed E-state index contributed by atoms with van der Waals surface area (Å²) in [6, 6.07) is 15.7. The zero-order valence-corrected chi connectivity index (χ0v) is 14.5. The summed E-state index contributed by atoms with van der Waals surface area (Å²) in [5.41, 5.74) is 7.24. The molecule has 0 radical (unpaired) electrons. The largest absolute Gasteiger partial charge is 0.369 e. The summed E-state index contributed by atoms with van der Waals surface area (Å²) in [6.07, 6.45) is 1.55. The fourth-order valence-electron chi connectivity index (χ4n) is 3.44. The summed E-state index contributed by atoms with van der Waals surface area (Å²) in [6.45, 7) is 1.04. The molecule has 1 fully saturated rings. The Labute approximate surface area is 150 Å². The van der Waals surface area contributed by atoms with Crippen LogP contribution in [-0.2, 0) is 4.79 Å². The quantitative estimate of drug-likeness (QED) is 0.852. The van der Waals surface area contributed by atoms with Crippen LogP contribution in [0, 0.1) is 5.92 Å². The fourth-order valence-corrected chi connectivity index (χ4v) is 4.49. The molecule has 2 aliphatic rings. The normalized spacial score (nSPS) is 19.1. The average molecular weight is 353 g/mol. The molecule has 2 N–H and O–H groups in total. The SMILES string of the molecule is NC(=O)[C@H]1CCCN(C(=O)N2c3ccccc3Sc3ccccc32)C1. The number of rotatable bonds is 1. The van der Waals surface area contributed by atoms with Crippen molar-refractivity contribution in [3.8, 4) is 0 Å². The van der Waals surface area contributed by atoms with Crippen molar-refractivity contribution in [2.24, 2.45) is 11.7 Å². The second-order valence-corrected chi connectivity index (χ2v) is 7.43. The topological polar surface area (TPSA) is 66.6 Å². The summed E-state index contributed by atoms with van der Waals surface area (Å²) >= 11 is 1.67. The molecule has 128 valence electrons. The van der Waals surface area contributed by atoms with Crippen molar-refractivity contribution in [3.05, 3.63) is 48.5 Å². The minimum Gasteiger partial charge on any atom is -0.369 e. The summed E-state index contributed by atoms with van der Waals surface area (Å²) < 4.78 is 0. The first-order valence-corrected chi connectivity index (χ1v) is 9.21. The number of urea groups is 1. The van der Waals surface area contributed by atoms with E-state index < -0.39 is 0 Å². The smallest absolute Gasteiger partial charge is 0.329 e. The minimum absolute atomic E-state index is 0.0915. The summed E-state index contributed by atoms with van der Waals surface area (Å²) in [4.78, 5) is 30.5. The van der Waals surface area contributed by atoms with Crippen LogP contribution in [0.25, 0.3) is 0 Å². The molecule has 2 heterocycles. The molecule has 0 aromatic heterocycles. The van der Waals surface area contributed by atoms with Gasteiger partial charge in [0, 0.05) is 22.9 Å². The van der Waals surface area contributed by atoms with Crippen molar-refractivity contribution < 1.29 is 9.59 Å². The number of fused-ring (bicyclic) bond motifs is 2. The van der Waals surface area contributed by atoms with Gasteiger partial charge in [0.05, 0.1) is 17.3 Å². The Morgan fingerprint density at radius 1 is 1.00 bits per heavy atom. The molecule has 0 bridgehead atoms. The predicted octanol–water partition coefficient (Wildman–Crippen LogP) is 3.61. The summed E-state index contributed by atoms with van der Waals surface area (Å²) in [5, 5.41) is 0. The number of carbonyl (C=O) groups excluding carboxylic acids is 2. The highest BCUT2D eigenvalue weighted by molar-refractivity contribution is 7.99. The fraction of sp³-hybridized carbons (Fsp3) is 0.263. The van der Waals surface area contributed by atoms with E-state index in [0.717, 1.165) is 34.0 Å². The van der Waals surface area contributed by atoms with Crippen LogP contribution in [0.2, 0.25) is 0 Å². The summed E-state index contributed by atoms with van der Waals surface area (Å²) in [5.74, 6) is -0.588. The van der Waals surface area contributed by atoms with E-state index in [0.29, 0.717) is 13.1 Å². The maximum Gasteiger partial charge on any atom is 0.329 e. The van der Waals surface area contributed by atoms with Gasteiger partial charge in [-0.25, -0.2) is 4.79 Å². The molecule has 0 unspecified atom stereocenters. The van der Waals surface area contributed by atoms with Gasteiger partial charge in [0.25, 0.3) is 0 Å². The lowest BCUT2D eigenvalue weighted by atomic mass is 9.98. The number of primary amides is 1. The van der Waals surface area contributed by atoms with Crippen molar-refractivity contribution >= 4 is 35.1 Å². The van der Waals surface area contributed by atoms with Gasteiger partial charge in [-0.1, -0.05) is 36.0 Å². The van der Waals surface area contributed by atoms with Crippen LogP contribution >= 0.6 is 11.8 Å². The van der Waals surface area contributed by atoms with Gasteiger partial charge in [-0.3, -0.25) is 9.69 Å². The third-order valence-electron chi connectivity index (χ3n) is 4.72. The number of para-hydroxylation sites is 2. The third-order valence-corrected chi connectivity index (χ3v) is 5.85. The van der Waals surface area contributed by atoms with Gasteiger partial charge in [0.15, 0.2) is 0 Å². The van der Waals surface area contributed by atoms with Gasteiger partial charge < -0.3 is 10.6 Å². The van der Waals surface area contributed by atoms with Crippen molar-refractivity contribution in [1.82, 2.24) is 4.90 Å². The third kappa shape index (κ3) is 2.87. The van der Waals surface area contributed by atoms with Gasteiger partial charge in [-0.05, 0) is 37.1 Å². The van der Waals surface area contributed by atoms with Crippen LogP contribution in [0.1, 0.15) is 12.8 Å². The Bertz CT molecular complexity index is 793. The Kier molecular flexibility index (Phi) is 4.13. The molecule has 4 rings (SSSR count). The molecule has 2 aromatic rings.